The first kappa shape index (κ1) is 12.9. The maximum absolute atomic E-state index is 5.76. The number of hydrogen-bond donors (Lipinski definition) is 2. The fourth-order valence-corrected chi connectivity index (χ4v) is 1.53. The van der Waals surface area contributed by atoms with E-state index in [1.165, 1.54) is 0 Å². The third kappa shape index (κ3) is 3.43. The van der Waals surface area contributed by atoms with Crippen molar-refractivity contribution in [3.05, 3.63) is 17.6 Å². The Kier molecular flexibility index (Phi) is 5.14. The Labute approximate surface area is 96.9 Å². The molecule has 0 bridgehead atoms. The van der Waals surface area contributed by atoms with Gasteiger partial charge in [-0.3, -0.25) is 0 Å². The van der Waals surface area contributed by atoms with Gasteiger partial charge in [0.15, 0.2) is 0 Å². The molecule has 0 atom stereocenters. The van der Waals surface area contributed by atoms with Crippen molar-refractivity contribution >= 4 is 5.82 Å². The first-order valence-electron chi connectivity index (χ1n) is 5.73. The van der Waals surface area contributed by atoms with Crippen LogP contribution in [0.4, 0.5) is 5.82 Å². The summed E-state index contributed by atoms with van der Waals surface area (Å²) in [6, 6.07) is 0. The van der Waals surface area contributed by atoms with E-state index in [1.54, 1.807) is 6.20 Å². The average Bonchev–Trinajstić information content (AvgIpc) is 2.30. The molecular formula is C11H21N5. The lowest BCUT2D eigenvalue weighted by Gasteiger charge is -2.17. The topological polar surface area (TPSA) is 81.1 Å². The summed E-state index contributed by atoms with van der Waals surface area (Å²) in [7, 11) is 0. The summed E-state index contributed by atoms with van der Waals surface area (Å²) >= 11 is 0. The van der Waals surface area contributed by atoms with Crippen LogP contribution in [0.15, 0.2) is 6.20 Å². The second-order valence-corrected chi connectivity index (χ2v) is 3.68. The fourth-order valence-electron chi connectivity index (χ4n) is 1.53. The molecule has 90 valence electrons. The highest BCUT2D eigenvalue weighted by Crippen LogP contribution is 2.06. The average molecular weight is 223 g/mol. The first-order chi connectivity index (χ1) is 7.71. The maximum atomic E-state index is 5.76. The van der Waals surface area contributed by atoms with Gasteiger partial charge in [-0.25, -0.2) is 9.97 Å². The van der Waals surface area contributed by atoms with Gasteiger partial charge in [0.2, 0.25) is 0 Å². The number of anilines is 1. The quantitative estimate of drug-likeness (QED) is 0.729. The molecule has 0 spiro atoms. The highest BCUT2D eigenvalue weighted by Gasteiger charge is 2.05. The Hall–Kier alpha value is -1.20. The molecule has 0 saturated heterocycles. The zero-order chi connectivity index (χ0) is 12.0. The van der Waals surface area contributed by atoms with Gasteiger partial charge < -0.3 is 16.4 Å². The number of likely N-dealkylation sites (N-methyl/N-ethyl adjacent to an activating group) is 1. The third-order valence-electron chi connectivity index (χ3n) is 2.71. The van der Waals surface area contributed by atoms with Gasteiger partial charge in [0.1, 0.15) is 11.6 Å². The molecule has 1 heterocycles. The van der Waals surface area contributed by atoms with Gasteiger partial charge in [-0.05, 0) is 13.1 Å². The summed E-state index contributed by atoms with van der Waals surface area (Å²) in [5, 5.41) is 0. The molecule has 0 aliphatic rings. The van der Waals surface area contributed by atoms with Crippen LogP contribution in [0.2, 0.25) is 0 Å². The largest absolute Gasteiger partial charge is 0.383 e. The molecule has 16 heavy (non-hydrogen) atoms. The maximum Gasteiger partial charge on any atom is 0.131 e. The smallest absolute Gasteiger partial charge is 0.131 e. The molecular weight excluding hydrogens is 202 g/mol. The number of hydrogen-bond acceptors (Lipinski definition) is 5. The van der Waals surface area contributed by atoms with Crippen LogP contribution in [-0.2, 0) is 13.0 Å². The van der Waals surface area contributed by atoms with E-state index in [0.717, 1.165) is 37.4 Å². The standard InChI is InChI=1S/C11H21N5/c1-3-16(4-2)6-5-10-14-8-9(7-12)11(13)15-10/h8H,3-7,12H2,1-2H3,(H2,13,14,15). The molecule has 0 amide bonds. The molecule has 0 unspecified atom stereocenters. The molecule has 4 N–H and O–H groups in total. The highest BCUT2D eigenvalue weighted by atomic mass is 15.1. The normalized spacial score (nSPS) is 11.0. The Morgan fingerprint density at radius 2 is 2.00 bits per heavy atom. The van der Waals surface area contributed by atoms with Gasteiger partial charge in [-0.2, -0.15) is 0 Å². The van der Waals surface area contributed by atoms with Crippen LogP contribution in [0.5, 0.6) is 0 Å². The molecule has 1 aromatic heterocycles. The molecule has 0 fully saturated rings. The van der Waals surface area contributed by atoms with Gasteiger partial charge in [0.05, 0.1) is 0 Å². The summed E-state index contributed by atoms with van der Waals surface area (Å²) in [6.07, 6.45) is 2.55. The third-order valence-corrected chi connectivity index (χ3v) is 2.71. The van der Waals surface area contributed by atoms with Crippen molar-refractivity contribution in [1.82, 2.24) is 14.9 Å². The van der Waals surface area contributed by atoms with E-state index < -0.39 is 0 Å². The van der Waals surface area contributed by atoms with Gasteiger partial charge >= 0.3 is 0 Å². The molecule has 0 aliphatic heterocycles. The van der Waals surface area contributed by atoms with Gasteiger partial charge in [-0.1, -0.05) is 13.8 Å². The summed E-state index contributed by atoms with van der Waals surface area (Å²) in [5.41, 5.74) is 12.1. The van der Waals surface area contributed by atoms with Crippen LogP contribution < -0.4 is 11.5 Å². The summed E-state index contributed by atoms with van der Waals surface area (Å²) in [5.74, 6) is 1.30. The van der Waals surface area contributed by atoms with E-state index in [0.29, 0.717) is 12.4 Å². The van der Waals surface area contributed by atoms with E-state index in [1.807, 2.05) is 0 Å². The van der Waals surface area contributed by atoms with Crippen LogP contribution in [0.1, 0.15) is 25.2 Å². The minimum atomic E-state index is 0.391. The van der Waals surface area contributed by atoms with Crippen molar-refractivity contribution in [2.45, 2.75) is 26.8 Å². The number of rotatable bonds is 6. The van der Waals surface area contributed by atoms with Crippen molar-refractivity contribution in [2.24, 2.45) is 5.73 Å². The lowest BCUT2D eigenvalue weighted by atomic mass is 10.3. The fraction of sp³-hybridized carbons (Fsp3) is 0.636. The summed E-state index contributed by atoms with van der Waals surface area (Å²) < 4.78 is 0. The molecule has 5 nitrogen and oxygen atoms in total. The van der Waals surface area contributed by atoms with Crippen LogP contribution in [0.25, 0.3) is 0 Å². The van der Waals surface area contributed by atoms with Crippen molar-refractivity contribution in [3.63, 3.8) is 0 Å². The Balaban J connectivity index is 2.58. The molecule has 5 heteroatoms. The first-order valence-corrected chi connectivity index (χ1v) is 5.73. The van der Waals surface area contributed by atoms with Crippen LogP contribution in [0, 0.1) is 0 Å². The van der Waals surface area contributed by atoms with E-state index >= 15 is 0 Å². The molecule has 1 rings (SSSR count). The molecule has 0 radical (unpaired) electrons. The summed E-state index contributed by atoms with van der Waals surface area (Å²) in [4.78, 5) is 10.8. The van der Waals surface area contributed by atoms with Crippen molar-refractivity contribution in [1.29, 1.82) is 0 Å². The lowest BCUT2D eigenvalue weighted by Crippen LogP contribution is -2.26. The van der Waals surface area contributed by atoms with Crippen molar-refractivity contribution in [2.75, 3.05) is 25.4 Å². The Bertz CT molecular complexity index is 322. The zero-order valence-electron chi connectivity index (χ0n) is 10.1. The van der Waals surface area contributed by atoms with E-state index in [4.69, 9.17) is 11.5 Å². The predicted octanol–water partition coefficient (Wildman–Crippen LogP) is 0.402. The monoisotopic (exact) mass is 223 g/mol. The molecule has 0 saturated carbocycles. The highest BCUT2D eigenvalue weighted by molar-refractivity contribution is 5.37. The Morgan fingerprint density at radius 3 is 2.50 bits per heavy atom. The minimum Gasteiger partial charge on any atom is -0.383 e. The van der Waals surface area contributed by atoms with Gasteiger partial charge in [0.25, 0.3) is 0 Å². The SMILES string of the molecule is CCN(CC)CCc1ncc(CN)c(N)n1. The lowest BCUT2D eigenvalue weighted by molar-refractivity contribution is 0.306. The van der Waals surface area contributed by atoms with Gasteiger partial charge in [0, 0.05) is 31.3 Å². The zero-order valence-corrected chi connectivity index (χ0v) is 10.1. The number of nitrogens with two attached hydrogens (primary N) is 2. The Morgan fingerprint density at radius 1 is 1.31 bits per heavy atom. The van der Waals surface area contributed by atoms with Crippen LogP contribution in [-0.4, -0.2) is 34.5 Å². The number of aromatic nitrogens is 2. The van der Waals surface area contributed by atoms with E-state index in [2.05, 4.69) is 28.7 Å². The second kappa shape index (κ2) is 6.40. The van der Waals surface area contributed by atoms with Crippen molar-refractivity contribution < 1.29 is 0 Å². The predicted molar refractivity (Wildman–Crippen MR) is 65.8 cm³/mol. The van der Waals surface area contributed by atoms with Crippen LogP contribution >= 0.6 is 0 Å². The molecule has 0 aliphatic carbocycles. The summed E-state index contributed by atoms with van der Waals surface area (Å²) in [6.45, 7) is 7.75. The minimum absolute atomic E-state index is 0.391. The molecule has 1 aromatic rings. The van der Waals surface area contributed by atoms with Crippen LogP contribution in [0.3, 0.4) is 0 Å². The number of nitrogens with zero attached hydrogens (tertiary/aromatic N) is 3. The molecule has 0 aromatic carbocycles. The van der Waals surface area contributed by atoms with Crippen molar-refractivity contribution in [3.8, 4) is 0 Å². The second-order valence-electron chi connectivity index (χ2n) is 3.68. The number of nitrogen functional groups attached to an aromatic ring is 1. The van der Waals surface area contributed by atoms with E-state index in [9.17, 15) is 0 Å². The van der Waals surface area contributed by atoms with Gasteiger partial charge in [-0.15, -0.1) is 0 Å². The van der Waals surface area contributed by atoms with E-state index in [-0.39, 0.29) is 0 Å².